The van der Waals surface area contributed by atoms with Crippen LogP contribution in [0.5, 0.6) is 0 Å². The van der Waals surface area contributed by atoms with Crippen molar-refractivity contribution in [1.82, 2.24) is 19.6 Å². The Labute approximate surface area is 165 Å². The lowest BCUT2D eigenvalue weighted by Gasteiger charge is -2.11. The number of hydrogen-bond donors (Lipinski definition) is 1. The monoisotopic (exact) mass is 411 g/mol. The van der Waals surface area contributed by atoms with Gasteiger partial charge in [-0.05, 0) is 37.1 Å². The molecular formula is C17H16Cl3N5O. The lowest BCUT2D eigenvalue weighted by atomic mass is 10.2. The zero-order valence-corrected chi connectivity index (χ0v) is 16.3. The van der Waals surface area contributed by atoms with E-state index in [0.29, 0.717) is 27.4 Å². The Balaban J connectivity index is 1.71. The van der Waals surface area contributed by atoms with Crippen LogP contribution in [0.4, 0.5) is 5.82 Å². The predicted octanol–water partition coefficient (Wildman–Crippen LogP) is 4.60. The van der Waals surface area contributed by atoms with Crippen molar-refractivity contribution in [2.75, 3.05) is 5.32 Å². The maximum absolute atomic E-state index is 12.4. The Hall–Kier alpha value is -2.02. The summed E-state index contributed by atoms with van der Waals surface area (Å²) in [7, 11) is 0. The molecule has 0 aliphatic rings. The highest BCUT2D eigenvalue weighted by Crippen LogP contribution is 2.25. The number of benzene rings is 1. The fourth-order valence-corrected chi connectivity index (χ4v) is 2.89. The lowest BCUT2D eigenvalue weighted by molar-refractivity contribution is -0.119. The number of rotatable bonds is 5. The lowest BCUT2D eigenvalue weighted by Crippen LogP contribution is -2.24. The van der Waals surface area contributed by atoms with E-state index >= 15 is 0 Å². The number of aromatic nitrogens is 4. The first-order valence-corrected chi connectivity index (χ1v) is 8.95. The fraction of sp³-hybridized carbons (Fsp3) is 0.235. The summed E-state index contributed by atoms with van der Waals surface area (Å²) < 4.78 is 3.21. The quantitative estimate of drug-likeness (QED) is 0.666. The number of nitrogens with zero attached hydrogens (tertiary/aromatic N) is 4. The number of carbonyl (C=O) groups excluding carboxylic acids is 1. The van der Waals surface area contributed by atoms with E-state index in [-0.39, 0.29) is 5.91 Å². The van der Waals surface area contributed by atoms with E-state index in [4.69, 9.17) is 34.8 Å². The Morgan fingerprint density at radius 2 is 1.96 bits per heavy atom. The second-order valence-electron chi connectivity index (χ2n) is 5.93. The van der Waals surface area contributed by atoms with E-state index in [9.17, 15) is 4.79 Å². The zero-order valence-electron chi connectivity index (χ0n) is 14.1. The average molecular weight is 413 g/mol. The number of aryl methyl sites for hydroxylation is 1. The van der Waals surface area contributed by atoms with Gasteiger partial charge in [-0.1, -0.05) is 40.9 Å². The van der Waals surface area contributed by atoms with Crippen molar-refractivity contribution < 1.29 is 4.79 Å². The molecule has 0 fully saturated rings. The minimum absolute atomic E-state index is 0.255. The first-order valence-electron chi connectivity index (χ1n) is 7.82. The van der Waals surface area contributed by atoms with Gasteiger partial charge in [0, 0.05) is 12.4 Å². The molecule has 26 heavy (non-hydrogen) atoms. The molecule has 3 aromatic rings. The number of hydrogen-bond acceptors (Lipinski definition) is 3. The van der Waals surface area contributed by atoms with Gasteiger partial charge in [0.2, 0.25) is 5.91 Å². The van der Waals surface area contributed by atoms with Crippen LogP contribution in [0.15, 0.2) is 36.8 Å². The molecule has 0 saturated carbocycles. The molecule has 0 bridgehead atoms. The number of carbonyl (C=O) groups is 1. The molecule has 2 aromatic heterocycles. The molecule has 0 aliphatic heterocycles. The Bertz CT molecular complexity index is 950. The van der Waals surface area contributed by atoms with Crippen molar-refractivity contribution in [1.29, 1.82) is 0 Å². The van der Waals surface area contributed by atoms with Gasteiger partial charge in [0.25, 0.3) is 0 Å². The minimum atomic E-state index is -0.486. The summed E-state index contributed by atoms with van der Waals surface area (Å²) in [4.78, 5) is 12.4. The molecule has 6 nitrogen and oxygen atoms in total. The van der Waals surface area contributed by atoms with Gasteiger partial charge in [0.15, 0.2) is 5.82 Å². The molecule has 0 aliphatic carbocycles. The van der Waals surface area contributed by atoms with E-state index in [1.165, 1.54) is 0 Å². The van der Waals surface area contributed by atoms with Gasteiger partial charge in [0.05, 0.1) is 22.8 Å². The summed E-state index contributed by atoms with van der Waals surface area (Å²) in [5, 5.41) is 12.5. The third-order valence-corrected chi connectivity index (χ3v) is 4.81. The van der Waals surface area contributed by atoms with E-state index in [1.807, 2.05) is 13.0 Å². The Morgan fingerprint density at radius 3 is 2.62 bits per heavy atom. The molecular weight excluding hydrogens is 397 g/mol. The van der Waals surface area contributed by atoms with E-state index < -0.39 is 6.04 Å². The SMILES string of the molecule is Cc1cnn(C(C)C(=O)Nc2nn(Cc3ccc(Cl)c(Cl)c3)cc2Cl)c1. The molecule has 1 amide bonds. The standard InChI is InChI=1S/C17H16Cl3N5O/c1-10-6-21-25(7-10)11(2)17(26)22-16-15(20)9-24(23-16)8-12-3-4-13(18)14(19)5-12/h3-7,9,11H,8H2,1-2H3,(H,22,23,26). The van der Waals surface area contributed by atoms with Gasteiger partial charge in [-0.2, -0.15) is 10.2 Å². The summed E-state index contributed by atoms with van der Waals surface area (Å²) in [5.74, 6) is 0.0437. The Kier molecular flexibility index (Phi) is 5.55. The largest absolute Gasteiger partial charge is 0.306 e. The van der Waals surface area contributed by atoms with Crippen molar-refractivity contribution >= 4 is 46.5 Å². The summed E-state index contributed by atoms with van der Waals surface area (Å²) in [6.45, 7) is 4.11. The number of anilines is 1. The highest BCUT2D eigenvalue weighted by atomic mass is 35.5. The third-order valence-electron chi connectivity index (χ3n) is 3.79. The molecule has 0 radical (unpaired) electrons. The highest BCUT2D eigenvalue weighted by molar-refractivity contribution is 6.42. The topological polar surface area (TPSA) is 64.7 Å². The van der Waals surface area contributed by atoms with Crippen molar-refractivity contribution in [2.45, 2.75) is 26.4 Å². The van der Waals surface area contributed by atoms with Crippen molar-refractivity contribution in [2.24, 2.45) is 0 Å². The van der Waals surface area contributed by atoms with E-state index in [1.54, 1.807) is 47.0 Å². The van der Waals surface area contributed by atoms with Gasteiger partial charge in [-0.25, -0.2) is 0 Å². The molecule has 136 valence electrons. The van der Waals surface area contributed by atoms with E-state index in [2.05, 4.69) is 15.5 Å². The highest BCUT2D eigenvalue weighted by Gasteiger charge is 2.18. The second kappa shape index (κ2) is 7.70. The van der Waals surface area contributed by atoms with Gasteiger partial charge in [0.1, 0.15) is 11.1 Å². The molecule has 0 saturated heterocycles. The predicted molar refractivity (Wildman–Crippen MR) is 103 cm³/mol. The molecule has 9 heteroatoms. The third kappa shape index (κ3) is 4.20. The summed E-state index contributed by atoms with van der Waals surface area (Å²) >= 11 is 18.1. The molecule has 1 aromatic carbocycles. The van der Waals surface area contributed by atoms with Crippen LogP contribution in [0, 0.1) is 6.92 Å². The summed E-state index contributed by atoms with van der Waals surface area (Å²) in [6, 6.07) is 4.85. The van der Waals surface area contributed by atoms with Crippen LogP contribution in [-0.4, -0.2) is 25.5 Å². The maximum Gasteiger partial charge on any atom is 0.250 e. The molecule has 1 unspecified atom stereocenters. The summed E-state index contributed by atoms with van der Waals surface area (Å²) in [6.07, 6.45) is 5.14. The first-order chi connectivity index (χ1) is 12.3. The normalized spacial score (nSPS) is 12.2. The fourth-order valence-electron chi connectivity index (χ4n) is 2.37. The van der Waals surface area contributed by atoms with Crippen LogP contribution >= 0.6 is 34.8 Å². The molecule has 3 rings (SSSR count). The first kappa shape index (κ1) is 18.8. The maximum atomic E-state index is 12.4. The van der Waals surface area contributed by atoms with Crippen LogP contribution in [0.1, 0.15) is 24.1 Å². The van der Waals surface area contributed by atoms with Crippen molar-refractivity contribution in [3.8, 4) is 0 Å². The number of amides is 1. The molecule has 0 spiro atoms. The zero-order chi connectivity index (χ0) is 18.8. The number of nitrogens with one attached hydrogen (secondary N) is 1. The molecule has 2 heterocycles. The second-order valence-corrected chi connectivity index (χ2v) is 7.16. The molecule has 1 N–H and O–H groups in total. The van der Waals surface area contributed by atoms with E-state index in [0.717, 1.165) is 11.1 Å². The van der Waals surface area contributed by atoms with Gasteiger partial charge in [-0.3, -0.25) is 14.2 Å². The minimum Gasteiger partial charge on any atom is -0.306 e. The average Bonchev–Trinajstić information content (AvgIpc) is 3.16. The van der Waals surface area contributed by atoms with Crippen LogP contribution < -0.4 is 5.32 Å². The summed E-state index contributed by atoms with van der Waals surface area (Å²) in [5.41, 5.74) is 1.89. The van der Waals surface area contributed by atoms with Gasteiger partial charge >= 0.3 is 0 Å². The molecule has 1 atom stereocenters. The van der Waals surface area contributed by atoms with Crippen molar-refractivity contribution in [3.63, 3.8) is 0 Å². The van der Waals surface area contributed by atoms with Crippen LogP contribution in [0.2, 0.25) is 15.1 Å². The van der Waals surface area contributed by atoms with Crippen LogP contribution in [0.25, 0.3) is 0 Å². The van der Waals surface area contributed by atoms with Crippen molar-refractivity contribution in [3.05, 3.63) is 63.0 Å². The van der Waals surface area contributed by atoms with Crippen LogP contribution in [-0.2, 0) is 11.3 Å². The number of halogens is 3. The van der Waals surface area contributed by atoms with Crippen LogP contribution in [0.3, 0.4) is 0 Å². The Morgan fingerprint density at radius 1 is 1.19 bits per heavy atom. The smallest absolute Gasteiger partial charge is 0.250 e. The van der Waals surface area contributed by atoms with Gasteiger partial charge in [-0.15, -0.1) is 0 Å². The van der Waals surface area contributed by atoms with Gasteiger partial charge < -0.3 is 5.32 Å².